The standard InChI is InChI=1S/C18H20N2O4/c1-5-23-18(22)14-11(4)24-17(20)13(8-19)15(14)12-7-6-9(2)10(3)16(12)21/h6-7,15,21H,5,20H2,1-4H3. The molecular weight excluding hydrogens is 308 g/mol. The minimum atomic E-state index is -0.831. The third-order valence-corrected chi connectivity index (χ3v) is 4.14. The summed E-state index contributed by atoms with van der Waals surface area (Å²) in [7, 11) is 0. The SMILES string of the molecule is CCOC(=O)C1=C(C)OC(N)=C(C#N)C1c1ccc(C)c(C)c1O. The van der Waals surface area contributed by atoms with Crippen LogP contribution in [0.4, 0.5) is 0 Å². The van der Waals surface area contributed by atoms with Crippen LogP contribution in [0, 0.1) is 25.2 Å². The minimum absolute atomic E-state index is 0.0250. The maximum absolute atomic E-state index is 12.4. The first-order chi connectivity index (χ1) is 11.3. The van der Waals surface area contributed by atoms with Gasteiger partial charge in [0.15, 0.2) is 0 Å². The molecule has 1 aliphatic rings. The van der Waals surface area contributed by atoms with Crippen molar-refractivity contribution in [3.63, 3.8) is 0 Å². The highest BCUT2D eigenvalue weighted by Gasteiger charge is 2.37. The van der Waals surface area contributed by atoms with Gasteiger partial charge in [-0.15, -0.1) is 0 Å². The molecule has 0 bridgehead atoms. The molecule has 24 heavy (non-hydrogen) atoms. The summed E-state index contributed by atoms with van der Waals surface area (Å²) in [6.45, 7) is 7.09. The molecule has 0 saturated carbocycles. The molecular formula is C18H20N2O4. The van der Waals surface area contributed by atoms with E-state index in [-0.39, 0.29) is 35.1 Å². The lowest BCUT2D eigenvalue weighted by atomic mass is 9.81. The van der Waals surface area contributed by atoms with Crippen LogP contribution in [0.1, 0.15) is 36.5 Å². The molecule has 6 nitrogen and oxygen atoms in total. The third kappa shape index (κ3) is 2.81. The average Bonchev–Trinajstić information content (AvgIpc) is 2.52. The minimum Gasteiger partial charge on any atom is -0.507 e. The Bertz CT molecular complexity index is 800. The van der Waals surface area contributed by atoms with Gasteiger partial charge in [-0.2, -0.15) is 5.26 Å². The number of hydrogen-bond donors (Lipinski definition) is 2. The van der Waals surface area contributed by atoms with E-state index in [9.17, 15) is 15.2 Å². The van der Waals surface area contributed by atoms with Crippen LogP contribution in [0.5, 0.6) is 5.75 Å². The summed E-state index contributed by atoms with van der Waals surface area (Å²) in [5.41, 5.74) is 8.06. The second kappa shape index (κ2) is 6.67. The number of aromatic hydroxyl groups is 1. The summed E-state index contributed by atoms with van der Waals surface area (Å²) in [6.07, 6.45) is 0. The first-order valence-corrected chi connectivity index (χ1v) is 7.57. The molecule has 1 aliphatic heterocycles. The lowest BCUT2D eigenvalue weighted by molar-refractivity contribution is -0.139. The zero-order valence-corrected chi connectivity index (χ0v) is 14.1. The first-order valence-electron chi connectivity index (χ1n) is 7.57. The Labute approximate surface area is 140 Å². The number of benzene rings is 1. The molecule has 0 spiro atoms. The molecule has 0 fully saturated rings. The molecule has 3 N–H and O–H groups in total. The van der Waals surface area contributed by atoms with E-state index in [4.69, 9.17) is 15.2 Å². The van der Waals surface area contributed by atoms with Gasteiger partial charge in [-0.05, 0) is 38.8 Å². The Morgan fingerprint density at radius 3 is 2.67 bits per heavy atom. The molecule has 1 aromatic rings. The first kappa shape index (κ1) is 17.4. The van der Waals surface area contributed by atoms with Crippen molar-refractivity contribution in [2.75, 3.05) is 6.61 Å². The van der Waals surface area contributed by atoms with Gasteiger partial charge in [-0.3, -0.25) is 0 Å². The lowest BCUT2D eigenvalue weighted by Crippen LogP contribution is -2.25. The number of phenols is 1. The van der Waals surface area contributed by atoms with Crippen LogP contribution >= 0.6 is 0 Å². The van der Waals surface area contributed by atoms with Crippen LogP contribution < -0.4 is 5.73 Å². The Morgan fingerprint density at radius 2 is 2.08 bits per heavy atom. The van der Waals surface area contributed by atoms with Crippen LogP contribution in [0.3, 0.4) is 0 Å². The number of nitrogens with zero attached hydrogens (tertiary/aromatic N) is 1. The van der Waals surface area contributed by atoms with Crippen molar-refractivity contribution in [2.45, 2.75) is 33.6 Å². The predicted molar refractivity (Wildman–Crippen MR) is 87.6 cm³/mol. The zero-order chi connectivity index (χ0) is 18.0. The van der Waals surface area contributed by atoms with Crippen molar-refractivity contribution in [1.29, 1.82) is 5.26 Å². The quantitative estimate of drug-likeness (QED) is 0.826. The molecule has 2 rings (SSSR count). The molecule has 126 valence electrons. The highest BCUT2D eigenvalue weighted by molar-refractivity contribution is 5.92. The number of nitriles is 1. The highest BCUT2D eigenvalue weighted by atomic mass is 16.5. The van der Waals surface area contributed by atoms with E-state index in [1.54, 1.807) is 26.8 Å². The number of hydrogen-bond acceptors (Lipinski definition) is 6. The number of allylic oxidation sites excluding steroid dienone is 2. The van der Waals surface area contributed by atoms with E-state index in [0.29, 0.717) is 11.1 Å². The van der Waals surface area contributed by atoms with Crippen molar-refractivity contribution in [3.8, 4) is 11.8 Å². The predicted octanol–water partition coefficient (Wildman–Crippen LogP) is 2.65. The maximum atomic E-state index is 12.4. The number of carbonyl (C=O) groups is 1. The Hall–Kier alpha value is -2.94. The van der Waals surface area contributed by atoms with Gasteiger partial charge in [0.25, 0.3) is 0 Å². The summed E-state index contributed by atoms with van der Waals surface area (Å²) in [5, 5.41) is 20.1. The van der Waals surface area contributed by atoms with Gasteiger partial charge < -0.3 is 20.3 Å². The van der Waals surface area contributed by atoms with Gasteiger partial charge in [0.05, 0.1) is 18.1 Å². The monoisotopic (exact) mass is 328 g/mol. The van der Waals surface area contributed by atoms with Gasteiger partial charge in [0, 0.05) is 5.56 Å². The molecule has 0 aliphatic carbocycles. The number of carbonyl (C=O) groups excluding carboxylic acids is 1. The zero-order valence-electron chi connectivity index (χ0n) is 14.1. The smallest absolute Gasteiger partial charge is 0.338 e. The van der Waals surface area contributed by atoms with Crippen molar-refractivity contribution in [2.24, 2.45) is 5.73 Å². The molecule has 1 heterocycles. The molecule has 6 heteroatoms. The average molecular weight is 328 g/mol. The fraction of sp³-hybridized carbons (Fsp3) is 0.333. The van der Waals surface area contributed by atoms with Gasteiger partial charge in [-0.25, -0.2) is 4.79 Å². The number of ether oxygens (including phenoxy) is 2. The second-order valence-corrected chi connectivity index (χ2v) is 5.56. The summed E-state index contributed by atoms with van der Waals surface area (Å²) in [4.78, 5) is 12.4. The fourth-order valence-electron chi connectivity index (χ4n) is 2.72. The normalized spacial score (nSPS) is 17.4. The molecule has 0 saturated heterocycles. The van der Waals surface area contributed by atoms with E-state index in [2.05, 4.69) is 0 Å². The molecule has 0 aromatic heterocycles. The van der Waals surface area contributed by atoms with Crippen LogP contribution in [-0.2, 0) is 14.3 Å². The van der Waals surface area contributed by atoms with Crippen molar-refractivity contribution in [3.05, 3.63) is 51.6 Å². The van der Waals surface area contributed by atoms with Crippen LogP contribution in [0.15, 0.2) is 34.9 Å². The topological polar surface area (TPSA) is 106 Å². The number of aryl methyl sites for hydroxylation is 1. The maximum Gasteiger partial charge on any atom is 0.338 e. The summed E-state index contributed by atoms with van der Waals surface area (Å²) < 4.78 is 10.4. The summed E-state index contributed by atoms with van der Waals surface area (Å²) in [5.74, 6) is -1.23. The Balaban J connectivity index is 2.72. The number of phenolic OH excluding ortho intramolecular Hbond substituents is 1. The van der Waals surface area contributed by atoms with Crippen LogP contribution in [0.25, 0.3) is 0 Å². The van der Waals surface area contributed by atoms with Crippen molar-refractivity contribution < 1.29 is 19.4 Å². The number of esters is 1. The molecule has 1 aromatic carbocycles. The number of nitrogens with two attached hydrogens (primary N) is 1. The Kier molecular flexibility index (Phi) is 4.84. The van der Waals surface area contributed by atoms with Gasteiger partial charge in [0.1, 0.15) is 23.2 Å². The lowest BCUT2D eigenvalue weighted by Gasteiger charge is -2.27. The van der Waals surface area contributed by atoms with Crippen molar-refractivity contribution >= 4 is 5.97 Å². The molecule has 1 unspecified atom stereocenters. The van der Waals surface area contributed by atoms with Gasteiger partial charge >= 0.3 is 5.97 Å². The summed E-state index contributed by atoms with van der Waals surface area (Å²) >= 11 is 0. The van der Waals surface area contributed by atoms with E-state index in [1.807, 2.05) is 19.1 Å². The van der Waals surface area contributed by atoms with Gasteiger partial charge in [0.2, 0.25) is 5.88 Å². The Morgan fingerprint density at radius 1 is 1.42 bits per heavy atom. The third-order valence-electron chi connectivity index (χ3n) is 4.14. The largest absolute Gasteiger partial charge is 0.507 e. The molecule has 0 radical (unpaired) electrons. The van der Waals surface area contributed by atoms with Gasteiger partial charge in [-0.1, -0.05) is 12.1 Å². The fourth-order valence-corrected chi connectivity index (χ4v) is 2.72. The van der Waals surface area contributed by atoms with E-state index in [1.165, 1.54) is 0 Å². The van der Waals surface area contributed by atoms with E-state index in [0.717, 1.165) is 5.56 Å². The molecule has 1 atom stereocenters. The highest BCUT2D eigenvalue weighted by Crippen LogP contribution is 2.43. The van der Waals surface area contributed by atoms with E-state index >= 15 is 0 Å². The van der Waals surface area contributed by atoms with Crippen LogP contribution in [0.2, 0.25) is 0 Å². The molecule has 0 amide bonds. The van der Waals surface area contributed by atoms with Crippen molar-refractivity contribution in [1.82, 2.24) is 0 Å². The van der Waals surface area contributed by atoms with E-state index < -0.39 is 11.9 Å². The van der Waals surface area contributed by atoms with Crippen LogP contribution in [-0.4, -0.2) is 17.7 Å². The summed E-state index contributed by atoms with van der Waals surface area (Å²) in [6, 6.07) is 5.50. The second-order valence-electron chi connectivity index (χ2n) is 5.56. The number of rotatable bonds is 3.